The lowest BCUT2D eigenvalue weighted by Crippen LogP contribution is -2.12. The highest BCUT2D eigenvalue weighted by Crippen LogP contribution is 2.24. The smallest absolute Gasteiger partial charge is 0.284 e. The highest BCUT2D eigenvalue weighted by atomic mass is 19.1. The van der Waals surface area contributed by atoms with E-state index < -0.39 is 18.6 Å². The van der Waals surface area contributed by atoms with Crippen LogP contribution in [0, 0.1) is 5.82 Å². The third-order valence-electron chi connectivity index (χ3n) is 2.26. The first-order valence-corrected chi connectivity index (χ1v) is 4.95. The van der Waals surface area contributed by atoms with Gasteiger partial charge in [-0.05, 0) is 12.1 Å². The van der Waals surface area contributed by atoms with Gasteiger partial charge in [0.05, 0.1) is 11.9 Å². The Morgan fingerprint density at radius 3 is 2.83 bits per heavy atom. The monoisotopic (exact) mass is 253 g/mol. The topological polar surface area (TPSA) is 81.0 Å². The van der Waals surface area contributed by atoms with Crippen LogP contribution in [-0.2, 0) is 0 Å². The zero-order valence-electron chi connectivity index (χ0n) is 9.11. The van der Waals surface area contributed by atoms with E-state index in [9.17, 15) is 13.6 Å². The minimum atomic E-state index is -1.03. The quantitative estimate of drug-likeness (QED) is 0.868. The van der Waals surface area contributed by atoms with Crippen LogP contribution < -0.4 is 10.5 Å². The van der Waals surface area contributed by atoms with Crippen LogP contribution in [0.4, 0.5) is 8.78 Å². The molecule has 0 aliphatic rings. The lowest BCUT2D eigenvalue weighted by molar-refractivity contribution is 0.0991. The number of primary amides is 1. The van der Waals surface area contributed by atoms with Gasteiger partial charge >= 0.3 is 0 Å². The third kappa shape index (κ3) is 2.29. The van der Waals surface area contributed by atoms with Crippen LogP contribution in [0.2, 0.25) is 0 Å². The number of hydrogen-bond acceptors (Lipinski definition) is 3. The first-order valence-electron chi connectivity index (χ1n) is 4.95. The number of aromatic nitrogens is 2. The van der Waals surface area contributed by atoms with E-state index in [4.69, 9.17) is 5.73 Å². The summed E-state index contributed by atoms with van der Waals surface area (Å²) in [4.78, 5) is 17.1. The number of H-pyrrole nitrogens is 1. The minimum absolute atomic E-state index is 0.0616. The fourth-order valence-corrected chi connectivity index (χ4v) is 1.45. The molecule has 1 aromatic carbocycles. The highest BCUT2D eigenvalue weighted by molar-refractivity contribution is 5.89. The van der Waals surface area contributed by atoms with Gasteiger partial charge in [0.15, 0.2) is 5.82 Å². The van der Waals surface area contributed by atoms with E-state index in [0.717, 1.165) is 6.07 Å². The van der Waals surface area contributed by atoms with Crippen molar-refractivity contribution in [1.82, 2.24) is 9.97 Å². The molecule has 0 saturated carbocycles. The van der Waals surface area contributed by atoms with Crippen molar-refractivity contribution in [3.05, 3.63) is 36.0 Å². The van der Waals surface area contributed by atoms with Gasteiger partial charge in [0.2, 0.25) is 6.86 Å². The molecular weight excluding hydrogens is 244 g/mol. The normalized spacial score (nSPS) is 10.3. The van der Waals surface area contributed by atoms with Gasteiger partial charge in [0.25, 0.3) is 5.91 Å². The average molecular weight is 253 g/mol. The first kappa shape index (κ1) is 12.0. The van der Waals surface area contributed by atoms with E-state index >= 15 is 0 Å². The number of imidazole rings is 1. The first-order chi connectivity index (χ1) is 8.61. The summed E-state index contributed by atoms with van der Waals surface area (Å²) in [6.07, 6.45) is 1.29. The van der Waals surface area contributed by atoms with Crippen LogP contribution in [0.3, 0.4) is 0 Å². The van der Waals surface area contributed by atoms with E-state index in [2.05, 4.69) is 14.7 Å². The van der Waals surface area contributed by atoms with Gasteiger partial charge in [0.1, 0.15) is 11.6 Å². The molecule has 0 radical (unpaired) electrons. The maximum atomic E-state index is 13.7. The van der Waals surface area contributed by atoms with Crippen molar-refractivity contribution in [1.29, 1.82) is 0 Å². The van der Waals surface area contributed by atoms with Crippen molar-refractivity contribution >= 4 is 5.91 Å². The second kappa shape index (κ2) is 4.82. The van der Waals surface area contributed by atoms with Gasteiger partial charge in [0, 0.05) is 11.6 Å². The van der Waals surface area contributed by atoms with E-state index in [1.165, 1.54) is 18.3 Å². The Labute approximate surface area is 101 Å². The van der Waals surface area contributed by atoms with Gasteiger partial charge in [-0.2, -0.15) is 0 Å². The highest BCUT2D eigenvalue weighted by Gasteiger charge is 2.11. The molecule has 3 N–H and O–H groups in total. The molecule has 0 fully saturated rings. The number of hydrogen-bond donors (Lipinski definition) is 2. The summed E-state index contributed by atoms with van der Waals surface area (Å²) in [6.45, 7) is -1.03. The molecule has 0 unspecified atom stereocenters. The Morgan fingerprint density at radius 1 is 1.50 bits per heavy atom. The van der Waals surface area contributed by atoms with Crippen molar-refractivity contribution < 1.29 is 18.3 Å². The van der Waals surface area contributed by atoms with Crippen molar-refractivity contribution in [2.45, 2.75) is 0 Å². The summed E-state index contributed by atoms with van der Waals surface area (Å²) < 4.78 is 30.1. The van der Waals surface area contributed by atoms with E-state index in [1.807, 2.05) is 0 Å². The van der Waals surface area contributed by atoms with Crippen LogP contribution in [0.25, 0.3) is 11.3 Å². The number of nitrogens with zero attached hydrogens (tertiary/aromatic N) is 1. The molecule has 0 aliphatic heterocycles. The van der Waals surface area contributed by atoms with Gasteiger partial charge < -0.3 is 15.5 Å². The summed E-state index contributed by atoms with van der Waals surface area (Å²) in [7, 11) is 0. The average Bonchev–Trinajstić information content (AvgIpc) is 2.79. The number of rotatable bonds is 4. The zero-order chi connectivity index (χ0) is 13.1. The number of amides is 1. The van der Waals surface area contributed by atoms with Gasteiger partial charge in [-0.15, -0.1) is 0 Å². The molecule has 5 nitrogen and oxygen atoms in total. The molecule has 0 atom stereocenters. The predicted octanol–water partition coefficient (Wildman–Crippen LogP) is 1.62. The summed E-state index contributed by atoms with van der Waals surface area (Å²) in [5.74, 6) is -1.35. The maximum absolute atomic E-state index is 13.7. The fourth-order valence-electron chi connectivity index (χ4n) is 1.45. The number of nitrogens with one attached hydrogen (secondary N) is 1. The number of nitrogens with two attached hydrogens (primary N) is 1. The number of alkyl halides is 1. The minimum Gasteiger partial charge on any atom is -0.463 e. The molecule has 1 heterocycles. The summed E-state index contributed by atoms with van der Waals surface area (Å²) in [5.41, 5.74) is 5.50. The standard InChI is InChI=1S/C11H9F2N3O2/c12-5-18-6-1-2-7(8(13)3-6)9-4-15-11(16-9)10(14)17/h1-4H,5H2,(H2,14,17)(H,15,16). The largest absolute Gasteiger partial charge is 0.463 e. The van der Waals surface area contributed by atoms with Crippen LogP contribution >= 0.6 is 0 Å². The molecule has 0 aliphatic carbocycles. The fraction of sp³-hybridized carbons (Fsp3) is 0.0909. The van der Waals surface area contributed by atoms with Crippen LogP contribution in [0.15, 0.2) is 24.4 Å². The molecular formula is C11H9F2N3O2. The molecule has 0 spiro atoms. The van der Waals surface area contributed by atoms with Crippen LogP contribution in [-0.4, -0.2) is 22.7 Å². The number of carbonyl (C=O) groups is 1. The molecule has 2 rings (SSSR count). The Morgan fingerprint density at radius 2 is 2.28 bits per heavy atom. The van der Waals surface area contributed by atoms with Crippen LogP contribution in [0.1, 0.15) is 10.6 Å². The van der Waals surface area contributed by atoms with Gasteiger partial charge in [-0.1, -0.05) is 0 Å². The van der Waals surface area contributed by atoms with Gasteiger partial charge in [-0.3, -0.25) is 4.79 Å². The third-order valence-corrected chi connectivity index (χ3v) is 2.26. The zero-order valence-corrected chi connectivity index (χ0v) is 9.11. The molecule has 0 bridgehead atoms. The molecule has 18 heavy (non-hydrogen) atoms. The molecule has 7 heteroatoms. The Bertz CT molecular complexity index is 583. The molecule has 2 aromatic rings. The number of ether oxygens (including phenoxy) is 1. The summed E-state index contributed by atoms with van der Waals surface area (Å²) in [5, 5.41) is 0. The lowest BCUT2D eigenvalue weighted by Gasteiger charge is -2.04. The number of benzene rings is 1. The van der Waals surface area contributed by atoms with Crippen molar-refractivity contribution in [2.75, 3.05) is 6.86 Å². The van der Waals surface area contributed by atoms with Crippen molar-refractivity contribution in [3.63, 3.8) is 0 Å². The van der Waals surface area contributed by atoms with Gasteiger partial charge in [-0.25, -0.2) is 13.8 Å². The van der Waals surface area contributed by atoms with E-state index in [1.54, 1.807) is 0 Å². The predicted molar refractivity (Wildman–Crippen MR) is 59.1 cm³/mol. The number of carbonyl (C=O) groups excluding carboxylic acids is 1. The Hall–Kier alpha value is -2.44. The van der Waals surface area contributed by atoms with E-state index in [-0.39, 0.29) is 17.1 Å². The molecule has 1 amide bonds. The second-order valence-electron chi connectivity index (χ2n) is 3.40. The van der Waals surface area contributed by atoms with Crippen molar-refractivity contribution in [3.8, 4) is 17.0 Å². The molecule has 1 aromatic heterocycles. The lowest BCUT2D eigenvalue weighted by atomic mass is 10.1. The number of aromatic amines is 1. The molecule has 94 valence electrons. The Kier molecular flexibility index (Phi) is 3.22. The molecule has 0 saturated heterocycles. The second-order valence-corrected chi connectivity index (χ2v) is 3.40. The SMILES string of the molecule is NC(=O)c1ncc(-c2ccc(OCF)cc2F)[nH]1. The van der Waals surface area contributed by atoms with Crippen LogP contribution in [0.5, 0.6) is 5.75 Å². The maximum Gasteiger partial charge on any atom is 0.284 e. The summed E-state index contributed by atoms with van der Waals surface area (Å²) >= 11 is 0. The van der Waals surface area contributed by atoms with Crippen molar-refractivity contribution in [2.24, 2.45) is 5.73 Å². The Balaban J connectivity index is 2.35. The summed E-state index contributed by atoms with van der Waals surface area (Å²) in [6, 6.07) is 3.83. The number of halogens is 2. The van der Waals surface area contributed by atoms with E-state index in [0.29, 0.717) is 5.69 Å².